The van der Waals surface area contributed by atoms with Crippen LogP contribution in [0.1, 0.15) is 12.5 Å². The molecule has 0 aliphatic heterocycles. The van der Waals surface area contributed by atoms with Gasteiger partial charge in [0.2, 0.25) is 0 Å². The van der Waals surface area contributed by atoms with Crippen LogP contribution in [-0.4, -0.2) is 18.5 Å². The van der Waals surface area contributed by atoms with Gasteiger partial charge in [0.25, 0.3) is 0 Å². The Morgan fingerprint density at radius 1 is 1.53 bits per heavy atom. The molecular weight excluding hydrogens is 191 g/mol. The summed E-state index contributed by atoms with van der Waals surface area (Å²) >= 11 is 0. The van der Waals surface area contributed by atoms with E-state index in [1.165, 1.54) is 6.07 Å². The van der Waals surface area contributed by atoms with Gasteiger partial charge < -0.3 is 5.73 Å². The molecule has 2 nitrogen and oxygen atoms in total. The second-order valence-electron chi connectivity index (χ2n) is 3.94. The van der Waals surface area contributed by atoms with Crippen molar-refractivity contribution in [3.8, 4) is 0 Å². The molecular formula is C12H17FN2. The number of likely N-dealkylation sites (N-methyl/N-ethyl adjacent to an activating group) is 1. The summed E-state index contributed by atoms with van der Waals surface area (Å²) < 4.78 is 13.1. The van der Waals surface area contributed by atoms with Crippen LogP contribution >= 0.6 is 0 Å². The van der Waals surface area contributed by atoms with Crippen LogP contribution in [0, 0.1) is 5.82 Å². The molecule has 1 aromatic rings. The van der Waals surface area contributed by atoms with Gasteiger partial charge in [0.1, 0.15) is 5.82 Å². The Balaban J connectivity index is 2.72. The number of halogens is 1. The van der Waals surface area contributed by atoms with Crippen LogP contribution in [0.25, 0.3) is 0 Å². The number of nitrogens with two attached hydrogens (primary N) is 1. The lowest BCUT2D eigenvalue weighted by atomic mass is 10.1. The van der Waals surface area contributed by atoms with Crippen LogP contribution in [0.3, 0.4) is 0 Å². The highest BCUT2D eigenvalue weighted by Gasteiger charge is 2.06. The highest BCUT2D eigenvalue weighted by Crippen LogP contribution is 2.17. The minimum atomic E-state index is -0.351. The Bertz CT molecular complexity index is 361. The molecule has 1 rings (SSSR count). The maximum Gasteiger partial charge on any atom is 0.146 e. The lowest BCUT2D eigenvalue weighted by Gasteiger charge is -2.17. The van der Waals surface area contributed by atoms with Gasteiger partial charge in [-0.05, 0) is 25.6 Å². The van der Waals surface area contributed by atoms with Crippen LogP contribution in [0.2, 0.25) is 0 Å². The van der Waals surface area contributed by atoms with Crippen LogP contribution in [-0.2, 0) is 6.54 Å². The zero-order chi connectivity index (χ0) is 11.4. The van der Waals surface area contributed by atoms with E-state index in [4.69, 9.17) is 5.73 Å². The van der Waals surface area contributed by atoms with Gasteiger partial charge >= 0.3 is 0 Å². The van der Waals surface area contributed by atoms with Crippen molar-refractivity contribution in [2.75, 3.05) is 19.3 Å². The number of para-hydroxylation sites is 1. The largest absolute Gasteiger partial charge is 0.396 e. The lowest BCUT2D eigenvalue weighted by Crippen LogP contribution is -2.20. The summed E-state index contributed by atoms with van der Waals surface area (Å²) in [6.45, 7) is 7.22. The zero-order valence-corrected chi connectivity index (χ0v) is 9.26. The maximum absolute atomic E-state index is 13.1. The van der Waals surface area contributed by atoms with Crippen molar-refractivity contribution in [3.05, 3.63) is 41.7 Å². The van der Waals surface area contributed by atoms with Crippen molar-refractivity contribution in [1.29, 1.82) is 0 Å². The fourth-order valence-electron chi connectivity index (χ4n) is 1.53. The first kappa shape index (κ1) is 11.7. The molecule has 0 heterocycles. The third kappa shape index (κ3) is 3.36. The van der Waals surface area contributed by atoms with Gasteiger partial charge in [0.05, 0.1) is 5.69 Å². The number of hydrogen-bond donors (Lipinski definition) is 1. The third-order valence-electron chi connectivity index (χ3n) is 2.12. The minimum absolute atomic E-state index is 0.242. The zero-order valence-electron chi connectivity index (χ0n) is 9.26. The van der Waals surface area contributed by atoms with Crippen molar-refractivity contribution in [1.82, 2.24) is 4.90 Å². The Labute approximate surface area is 90.2 Å². The minimum Gasteiger partial charge on any atom is -0.396 e. The van der Waals surface area contributed by atoms with E-state index in [-0.39, 0.29) is 11.5 Å². The summed E-state index contributed by atoms with van der Waals surface area (Å²) in [5, 5.41) is 0. The molecule has 0 bridgehead atoms. The molecule has 0 aliphatic rings. The number of hydrogen-bond acceptors (Lipinski definition) is 2. The quantitative estimate of drug-likeness (QED) is 0.608. The molecule has 0 fully saturated rings. The average Bonchev–Trinajstić information content (AvgIpc) is 2.11. The molecule has 0 aliphatic carbocycles. The van der Waals surface area contributed by atoms with Crippen molar-refractivity contribution < 1.29 is 4.39 Å². The number of rotatable bonds is 4. The van der Waals surface area contributed by atoms with Gasteiger partial charge in [-0.25, -0.2) is 4.39 Å². The molecule has 0 radical (unpaired) electrons. The van der Waals surface area contributed by atoms with E-state index in [9.17, 15) is 4.39 Å². The molecule has 82 valence electrons. The fourth-order valence-corrected chi connectivity index (χ4v) is 1.53. The first-order valence-corrected chi connectivity index (χ1v) is 4.86. The van der Waals surface area contributed by atoms with E-state index < -0.39 is 0 Å². The van der Waals surface area contributed by atoms with Gasteiger partial charge in [-0.2, -0.15) is 0 Å². The molecule has 0 saturated heterocycles. The summed E-state index contributed by atoms with van der Waals surface area (Å²) in [7, 11) is 1.96. The van der Waals surface area contributed by atoms with Gasteiger partial charge in [0.15, 0.2) is 0 Å². The Morgan fingerprint density at radius 2 is 2.20 bits per heavy atom. The number of benzene rings is 1. The molecule has 0 atom stereocenters. The molecule has 3 heteroatoms. The van der Waals surface area contributed by atoms with E-state index in [0.29, 0.717) is 6.54 Å². The van der Waals surface area contributed by atoms with Gasteiger partial charge in [-0.1, -0.05) is 24.3 Å². The predicted octanol–water partition coefficient (Wildman–Crippen LogP) is 2.42. The van der Waals surface area contributed by atoms with Crippen LogP contribution in [0.5, 0.6) is 0 Å². The van der Waals surface area contributed by atoms with Crippen molar-refractivity contribution >= 4 is 5.69 Å². The lowest BCUT2D eigenvalue weighted by molar-refractivity contribution is 0.355. The molecule has 0 saturated carbocycles. The second kappa shape index (κ2) is 4.94. The normalized spacial score (nSPS) is 10.7. The molecule has 0 aromatic heterocycles. The molecule has 15 heavy (non-hydrogen) atoms. The monoisotopic (exact) mass is 208 g/mol. The van der Waals surface area contributed by atoms with Crippen molar-refractivity contribution in [2.45, 2.75) is 13.5 Å². The van der Waals surface area contributed by atoms with Crippen LogP contribution in [0.4, 0.5) is 10.1 Å². The molecule has 2 N–H and O–H groups in total. The summed E-state index contributed by atoms with van der Waals surface area (Å²) in [4.78, 5) is 2.05. The Hall–Kier alpha value is -1.35. The summed E-state index contributed by atoms with van der Waals surface area (Å²) in [6.07, 6.45) is 0. The highest BCUT2D eigenvalue weighted by molar-refractivity contribution is 5.47. The average molecular weight is 208 g/mol. The van der Waals surface area contributed by atoms with E-state index in [2.05, 4.69) is 6.58 Å². The fraction of sp³-hybridized carbons (Fsp3) is 0.333. The van der Waals surface area contributed by atoms with Gasteiger partial charge in [-0.15, -0.1) is 0 Å². The standard InChI is InChI=1S/C12H17FN2/c1-9(2)7-15(3)8-10-5-4-6-11(13)12(10)14/h4-6H,1,7-8,14H2,2-3H3. The molecule has 1 aromatic carbocycles. The predicted molar refractivity (Wildman–Crippen MR) is 62.0 cm³/mol. The number of nitrogen functional groups attached to an aromatic ring is 1. The maximum atomic E-state index is 13.1. The smallest absolute Gasteiger partial charge is 0.146 e. The summed E-state index contributed by atoms with van der Waals surface area (Å²) in [5.74, 6) is -0.351. The van der Waals surface area contributed by atoms with Crippen molar-refractivity contribution in [3.63, 3.8) is 0 Å². The van der Waals surface area contributed by atoms with Crippen LogP contribution < -0.4 is 5.73 Å². The van der Waals surface area contributed by atoms with Gasteiger partial charge in [-0.3, -0.25) is 4.90 Å². The van der Waals surface area contributed by atoms with E-state index >= 15 is 0 Å². The van der Waals surface area contributed by atoms with E-state index in [1.807, 2.05) is 24.9 Å². The second-order valence-corrected chi connectivity index (χ2v) is 3.94. The van der Waals surface area contributed by atoms with E-state index in [1.54, 1.807) is 6.07 Å². The Kier molecular flexibility index (Phi) is 3.86. The topological polar surface area (TPSA) is 29.3 Å². The molecule has 0 spiro atoms. The van der Waals surface area contributed by atoms with Gasteiger partial charge in [0, 0.05) is 13.1 Å². The SMILES string of the molecule is C=C(C)CN(C)Cc1cccc(F)c1N. The number of anilines is 1. The highest BCUT2D eigenvalue weighted by atomic mass is 19.1. The van der Waals surface area contributed by atoms with E-state index in [0.717, 1.165) is 17.7 Å². The first-order valence-electron chi connectivity index (χ1n) is 4.86. The summed E-state index contributed by atoms with van der Waals surface area (Å²) in [6, 6.07) is 4.89. The Morgan fingerprint density at radius 3 is 2.80 bits per heavy atom. The third-order valence-corrected chi connectivity index (χ3v) is 2.12. The first-order chi connectivity index (χ1) is 7.00. The van der Waals surface area contributed by atoms with Crippen molar-refractivity contribution in [2.24, 2.45) is 0 Å². The summed E-state index contributed by atoms with van der Waals surface area (Å²) in [5.41, 5.74) is 7.77. The number of nitrogens with zero attached hydrogens (tertiary/aromatic N) is 1. The van der Waals surface area contributed by atoms with Crippen LogP contribution in [0.15, 0.2) is 30.4 Å². The molecule has 0 amide bonds. The molecule has 0 unspecified atom stereocenters.